The molecule has 1 aliphatic rings. The van der Waals surface area contributed by atoms with Crippen molar-refractivity contribution in [2.45, 2.75) is 26.7 Å². The van der Waals surface area contributed by atoms with Gasteiger partial charge >= 0.3 is 11.9 Å². The first-order valence-electron chi connectivity index (χ1n) is 9.23. The Kier molecular flexibility index (Phi) is 7.40. The predicted molar refractivity (Wildman–Crippen MR) is 107 cm³/mol. The molecule has 0 radical (unpaired) electrons. The van der Waals surface area contributed by atoms with E-state index in [0.717, 1.165) is 0 Å². The van der Waals surface area contributed by atoms with Gasteiger partial charge in [0.2, 0.25) is 5.91 Å². The van der Waals surface area contributed by atoms with Gasteiger partial charge in [0, 0.05) is 35.0 Å². The Bertz CT molecular complexity index is 936. The average Bonchev–Trinajstić information content (AvgIpc) is 2.71. The van der Waals surface area contributed by atoms with E-state index in [1.54, 1.807) is 26.8 Å². The highest BCUT2D eigenvalue weighted by Gasteiger charge is 2.42. The van der Waals surface area contributed by atoms with E-state index in [0.29, 0.717) is 17.0 Å². The number of esters is 2. The molecule has 1 aromatic rings. The topological polar surface area (TPSA) is 137 Å². The first kappa shape index (κ1) is 22.7. The highest BCUT2D eigenvalue weighted by molar-refractivity contribution is 6.08. The van der Waals surface area contributed by atoms with Crippen LogP contribution >= 0.6 is 0 Å². The third-order valence-corrected chi connectivity index (χ3v) is 4.67. The van der Waals surface area contributed by atoms with Gasteiger partial charge in [-0.1, -0.05) is 12.1 Å². The van der Waals surface area contributed by atoms with Gasteiger partial charge in [0.25, 0.3) is 5.69 Å². The summed E-state index contributed by atoms with van der Waals surface area (Å²) in [4.78, 5) is 52.1. The van der Waals surface area contributed by atoms with Crippen molar-refractivity contribution in [2.24, 2.45) is 10.9 Å². The molecule has 0 bridgehead atoms. The van der Waals surface area contributed by atoms with Gasteiger partial charge < -0.3 is 14.8 Å². The Labute approximate surface area is 173 Å². The van der Waals surface area contributed by atoms with Crippen molar-refractivity contribution in [3.05, 3.63) is 51.2 Å². The molecular weight excluding hydrogens is 394 g/mol. The lowest BCUT2D eigenvalue weighted by Crippen LogP contribution is -2.40. The molecule has 0 fully saturated rings. The first-order chi connectivity index (χ1) is 14.2. The monoisotopic (exact) mass is 417 g/mol. The third kappa shape index (κ3) is 4.88. The van der Waals surface area contributed by atoms with Crippen LogP contribution in [0, 0.1) is 16.0 Å². The number of amides is 1. The summed E-state index contributed by atoms with van der Waals surface area (Å²) < 4.78 is 9.71. The number of nitrogens with one attached hydrogen (secondary N) is 1. The van der Waals surface area contributed by atoms with Gasteiger partial charge in [-0.25, -0.2) is 0 Å². The maximum absolute atomic E-state index is 13.0. The van der Waals surface area contributed by atoms with Gasteiger partial charge in [-0.15, -0.1) is 0 Å². The molecular formula is C20H23N3O7. The van der Waals surface area contributed by atoms with Gasteiger partial charge in [0.1, 0.15) is 12.5 Å². The second-order valence-electron chi connectivity index (χ2n) is 6.57. The van der Waals surface area contributed by atoms with Crippen LogP contribution in [0.2, 0.25) is 0 Å². The average molecular weight is 417 g/mol. The van der Waals surface area contributed by atoms with Crippen LogP contribution in [0.5, 0.6) is 0 Å². The van der Waals surface area contributed by atoms with E-state index >= 15 is 0 Å². The van der Waals surface area contributed by atoms with E-state index in [9.17, 15) is 24.5 Å². The number of aliphatic imine (C=N–C) groups is 1. The number of methoxy groups -OCH3 is 1. The molecule has 2 rings (SSSR count). The summed E-state index contributed by atoms with van der Waals surface area (Å²) in [7, 11) is 1.21. The smallest absolute Gasteiger partial charge is 0.325 e. The molecule has 0 saturated heterocycles. The molecule has 1 heterocycles. The van der Waals surface area contributed by atoms with Crippen molar-refractivity contribution in [1.29, 1.82) is 0 Å². The van der Waals surface area contributed by atoms with Crippen molar-refractivity contribution in [3.8, 4) is 0 Å². The van der Waals surface area contributed by atoms with E-state index in [1.807, 2.05) is 0 Å². The second kappa shape index (κ2) is 9.77. The molecule has 10 heteroatoms. The van der Waals surface area contributed by atoms with Crippen LogP contribution in [0.3, 0.4) is 0 Å². The van der Waals surface area contributed by atoms with E-state index in [-0.39, 0.29) is 24.4 Å². The quantitative estimate of drug-likeness (QED) is 0.406. The highest BCUT2D eigenvalue weighted by atomic mass is 16.6. The number of carbonyl (C=O) groups is 3. The number of ether oxygens (including phenoxy) is 2. The Hall–Kier alpha value is -3.56. The van der Waals surface area contributed by atoms with Crippen LogP contribution in [0.15, 0.2) is 40.5 Å². The molecule has 0 spiro atoms. The molecule has 160 valence electrons. The lowest BCUT2D eigenvalue weighted by atomic mass is 9.75. The maximum atomic E-state index is 13.0. The largest absolute Gasteiger partial charge is 0.468 e. The lowest BCUT2D eigenvalue weighted by Gasteiger charge is -2.31. The number of allylic oxidation sites excluding steroid dienone is 1. The number of benzene rings is 1. The fourth-order valence-corrected chi connectivity index (χ4v) is 3.42. The number of nitrogens with zero attached hydrogens (tertiary/aromatic N) is 2. The standard InChI is InChI=1S/C20H23N3O7/c1-5-30-15(24)10-21-19(25)16-11(2)22-12(3)17(20(26)29-4)18(16)13-7-6-8-14(9-13)23(27)28/h6-9,17-18H,5,10H2,1-4H3,(H,21,25). The number of hydrogen-bond acceptors (Lipinski definition) is 8. The molecule has 30 heavy (non-hydrogen) atoms. The summed E-state index contributed by atoms with van der Waals surface area (Å²) in [5.41, 5.74) is 1.08. The number of nitro groups is 1. The minimum Gasteiger partial charge on any atom is -0.468 e. The summed E-state index contributed by atoms with van der Waals surface area (Å²) in [6.45, 7) is 4.67. The molecule has 0 saturated carbocycles. The SMILES string of the molecule is CCOC(=O)CNC(=O)C1=C(C)N=C(C)C(C(=O)OC)C1c1cccc([N+](=O)[O-])c1. The van der Waals surface area contributed by atoms with Gasteiger partial charge in [0.05, 0.1) is 18.6 Å². The molecule has 2 unspecified atom stereocenters. The molecule has 1 N–H and O–H groups in total. The number of hydrogen-bond donors (Lipinski definition) is 1. The maximum Gasteiger partial charge on any atom is 0.325 e. The van der Waals surface area contributed by atoms with Crippen LogP contribution in [0.1, 0.15) is 32.3 Å². The van der Waals surface area contributed by atoms with Gasteiger partial charge in [-0.3, -0.25) is 29.5 Å². The van der Waals surface area contributed by atoms with Gasteiger partial charge in [-0.2, -0.15) is 0 Å². The molecule has 0 aliphatic carbocycles. The Balaban J connectivity index is 2.54. The number of nitro benzene ring substituents is 1. The minimum atomic E-state index is -0.955. The number of non-ortho nitro benzene ring substituents is 1. The van der Waals surface area contributed by atoms with E-state index in [4.69, 9.17) is 9.47 Å². The van der Waals surface area contributed by atoms with Crippen LogP contribution < -0.4 is 5.32 Å². The fraction of sp³-hybridized carbons (Fsp3) is 0.400. The van der Waals surface area contributed by atoms with Crippen LogP contribution in [-0.2, 0) is 23.9 Å². The van der Waals surface area contributed by atoms with Gasteiger partial charge in [0.15, 0.2) is 0 Å². The zero-order valence-corrected chi connectivity index (χ0v) is 17.1. The zero-order chi connectivity index (χ0) is 22.4. The Morgan fingerprint density at radius 2 is 1.97 bits per heavy atom. The normalized spacial score (nSPS) is 18.3. The Morgan fingerprint density at radius 3 is 2.57 bits per heavy atom. The fourth-order valence-electron chi connectivity index (χ4n) is 3.42. The highest BCUT2D eigenvalue weighted by Crippen LogP contribution is 2.40. The van der Waals surface area contributed by atoms with Crippen molar-refractivity contribution in [2.75, 3.05) is 20.3 Å². The summed E-state index contributed by atoms with van der Waals surface area (Å²) in [5, 5.41) is 13.7. The van der Waals surface area contributed by atoms with Crippen molar-refractivity contribution < 1.29 is 28.8 Å². The Morgan fingerprint density at radius 1 is 1.27 bits per heavy atom. The summed E-state index contributed by atoms with van der Waals surface area (Å²) in [5.74, 6) is -3.70. The summed E-state index contributed by atoms with van der Waals surface area (Å²) in [6, 6.07) is 5.70. The second-order valence-corrected chi connectivity index (χ2v) is 6.57. The van der Waals surface area contributed by atoms with Crippen LogP contribution in [0.4, 0.5) is 5.69 Å². The molecule has 0 aromatic heterocycles. The predicted octanol–water partition coefficient (Wildman–Crippen LogP) is 1.90. The van der Waals surface area contributed by atoms with Gasteiger partial charge in [-0.05, 0) is 26.3 Å². The third-order valence-electron chi connectivity index (χ3n) is 4.67. The summed E-state index contributed by atoms with van der Waals surface area (Å²) in [6.07, 6.45) is 0. The summed E-state index contributed by atoms with van der Waals surface area (Å²) >= 11 is 0. The minimum absolute atomic E-state index is 0.126. The first-order valence-corrected chi connectivity index (χ1v) is 9.23. The van der Waals surface area contributed by atoms with E-state index in [1.165, 1.54) is 25.3 Å². The van der Waals surface area contributed by atoms with Crippen molar-refractivity contribution >= 4 is 29.2 Å². The number of rotatable bonds is 7. The molecule has 1 amide bonds. The van der Waals surface area contributed by atoms with E-state index in [2.05, 4.69) is 10.3 Å². The molecule has 10 nitrogen and oxygen atoms in total. The van der Waals surface area contributed by atoms with Crippen LogP contribution in [0.25, 0.3) is 0 Å². The lowest BCUT2D eigenvalue weighted by molar-refractivity contribution is -0.384. The van der Waals surface area contributed by atoms with Crippen molar-refractivity contribution in [3.63, 3.8) is 0 Å². The van der Waals surface area contributed by atoms with E-state index < -0.39 is 34.6 Å². The molecule has 1 aliphatic heterocycles. The van der Waals surface area contributed by atoms with Crippen LogP contribution in [-0.4, -0.2) is 48.7 Å². The molecule has 2 atom stereocenters. The zero-order valence-electron chi connectivity index (χ0n) is 17.1. The number of carbonyl (C=O) groups excluding carboxylic acids is 3. The molecule has 1 aromatic carbocycles. The van der Waals surface area contributed by atoms with Crippen molar-refractivity contribution in [1.82, 2.24) is 5.32 Å².